The Bertz CT molecular complexity index is 1610. The van der Waals surface area contributed by atoms with Gasteiger partial charge in [0.05, 0.1) is 18.4 Å². The first-order valence-electron chi connectivity index (χ1n) is 12.6. The van der Waals surface area contributed by atoms with E-state index in [1.807, 2.05) is 53.2 Å². The maximum absolute atomic E-state index is 13.5. The average molecular weight is 587 g/mol. The maximum atomic E-state index is 13.5. The molecule has 11 heteroatoms. The Morgan fingerprint density at radius 2 is 1.49 bits per heavy atom. The lowest BCUT2D eigenvalue weighted by Gasteiger charge is -2.21. The predicted molar refractivity (Wildman–Crippen MR) is 160 cm³/mol. The summed E-state index contributed by atoms with van der Waals surface area (Å²) >= 11 is 2.73. The van der Waals surface area contributed by atoms with Gasteiger partial charge in [0.15, 0.2) is 0 Å². The summed E-state index contributed by atoms with van der Waals surface area (Å²) < 4.78 is 4.83. The zero-order valence-electron chi connectivity index (χ0n) is 22.0. The van der Waals surface area contributed by atoms with Crippen molar-refractivity contribution in [2.75, 3.05) is 23.9 Å². The van der Waals surface area contributed by atoms with E-state index in [-0.39, 0.29) is 30.9 Å². The van der Waals surface area contributed by atoms with Crippen LogP contribution in [-0.4, -0.2) is 37.5 Å². The number of fused-ring (bicyclic) bond motifs is 2. The second-order valence-electron chi connectivity index (χ2n) is 9.11. The van der Waals surface area contributed by atoms with Crippen LogP contribution in [0.3, 0.4) is 0 Å². The van der Waals surface area contributed by atoms with Crippen molar-refractivity contribution in [1.82, 2.24) is 10.6 Å². The molecule has 3 N–H and O–H groups in total. The fourth-order valence-corrected chi connectivity index (χ4v) is 5.98. The molecule has 0 aliphatic carbocycles. The first-order valence-corrected chi connectivity index (χ1v) is 14.5. The van der Waals surface area contributed by atoms with Crippen LogP contribution in [-0.2, 0) is 27.4 Å². The zero-order valence-corrected chi connectivity index (χ0v) is 23.6. The molecule has 4 amide bonds. The Labute approximate surface area is 244 Å². The number of benzene rings is 2. The molecule has 5 rings (SSSR count). The van der Waals surface area contributed by atoms with Gasteiger partial charge in [0, 0.05) is 57.7 Å². The quantitative estimate of drug-likeness (QED) is 0.198. The van der Waals surface area contributed by atoms with Crippen LogP contribution < -0.4 is 20.9 Å². The van der Waals surface area contributed by atoms with Crippen LogP contribution in [0.25, 0.3) is 5.57 Å². The van der Waals surface area contributed by atoms with Gasteiger partial charge in [-0.15, -0.1) is 11.3 Å². The number of methoxy groups -OCH3 is 1. The summed E-state index contributed by atoms with van der Waals surface area (Å²) in [5.41, 5.74) is 5.35. The Morgan fingerprint density at radius 3 is 2.24 bits per heavy atom. The van der Waals surface area contributed by atoms with Gasteiger partial charge in [0.2, 0.25) is 5.91 Å². The number of urea groups is 1. The molecule has 0 bridgehead atoms. The summed E-state index contributed by atoms with van der Waals surface area (Å²) in [6, 6.07) is 16.4. The van der Waals surface area contributed by atoms with Crippen molar-refractivity contribution in [2.24, 2.45) is 0 Å². The average Bonchev–Trinajstić information content (AvgIpc) is 3.66. The Kier molecular flexibility index (Phi) is 8.56. The lowest BCUT2D eigenvalue weighted by Crippen LogP contribution is -2.40. The van der Waals surface area contributed by atoms with E-state index in [0.717, 1.165) is 11.1 Å². The van der Waals surface area contributed by atoms with Crippen molar-refractivity contribution < 1.29 is 23.9 Å². The fraction of sp³-hybridized carbons (Fsp3) is 0.133. The van der Waals surface area contributed by atoms with Gasteiger partial charge >= 0.3 is 12.0 Å². The van der Waals surface area contributed by atoms with Gasteiger partial charge in [-0.1, -0.05) is 42.5 Å². The highest BCUT2D eigenvalue weighted by Crippen LogP contribution is 2.41. The molecule has 208 valence electrons. The lowest BCUT2D eigenvalue weighted by atomic mass is 9.99. The van der Waals surface area contributed by atoms with E-state index < -0.39 is 5.97 Å². The van der Waals surface area contributed by atoms with Crippen molar-refractivity contribution in [3.8, 4) is 0 Å². The summed E-state index contributed by atoms with van der Waals surface area (Å²) in [6.45, 7) is 0.472. The number of thiophene rings is 2. The number of ether oxygens (including phenoxy) is 1. The van der Waals surface area contributed by atoms with Gasteiger partial charge in [-0.2, -0.15) is 11.3 Å². The highest BCUT2D eigenvalue weighted by atomic mass is 32.1. The minimum Gasteiger partial charge on any atom is -0.466 e. The van der Waals surface area contributed by atoms with Crippen LogP contribution in [0, 0.1) is 0 Å². The van der Waals surface area contributed by atoms with Gasteiger partial charge in [-0.05, 0) is 28.6 Å². The SMILES string of the molecule is COC(=O)C=C1c2cscc2C(=O)N(CC(=O)NCc2ccc(NC(=O)NCc3ccccc3)cc2)c2cscc21. The van der Waals surface area contributed by atoms with Gasteiger partial charge in [0.1, 0.15) is 6.54 Å². The molecule has 1 aliphatic rings. The second-order valence-corrected chi connectivity index (χ2v) is 10.6. The van der Waals surface area contributed by atoms with Crippen LogP contribution in [0.4, 0.5) is 16.2 Å². The number of hydrogen-bond acceptors (Lipinski definition) is 7. The molecule has 4 aromatic rings. The monoisotopic (exact) mass is 586 g/mol. The van der Waals surface area contributed by atoms with E-state index in [1.165, 1.54) is 40.8 Å². The smallest absolute Gasteiger partial charge is 0.331 e. The molecule has 2 aromatic heterocycles. The molecule has 41 heavy (non-hydrogen) atoms. The summed E-state index contributed by atoms with van der Waals surface area (Å²) in [5.74, 6) is -1.18. The molecular formula is C30H26N4O5S2. The third kappa shape index (κ3) is 6.53. The standard InChI is InChI=1S/C30H26N4O5S2/c1-39-28(36)11-22-23-15-40-17-25(23)29(37)34(26-18-41-16-24(22)26)14-27(35)31-12-20-7-9-21(10-8-20)33-30(38)32-13-19-5-3-2-4-6-19/h2-11,15-18H,12-14H2,1H3,(H,31,35)(H2,32,33,38). The second kappa shape index (κ2) is 12.6. The summed E-state index contributed by atoms with van der Waals surface area (Å²) in [5, 5.41) is 15.6. The number of amides is 4. The van der Waals surface area contributed by atoms with E-state index in [4.69, 9.17) is 4.74 Å². The van der Waals surface area contributed by atoms with Gasteiger partial charge in [-0.25, -0.2) is 9.59 Å². The molecule has 0 atom stereocenters. The molecule has 0 fully saturated rings. The van der Waals surface area contributed by atoms with Crippen LogP contribution in [0.1, 0.15) is 32.6 Å². The molecule has 0 unspecified atom stereocenters. The van der Waals surface area contributed by atoms with Gasteiger partial charge < -0.3 is 20.7 Å². The Hall–Kier alpha value is -4.74. The van der Waals surface area contributed by atoms with E-state index in [9.17, 15) is 19.2 Å². The highest BCUT2D eigenvalue weighted by Gasteiger charge is 2.32. The number of hydrogen-bond donors (Lipinski definition) is 3. The van der Waals surface area contributed by atoms with Crippen LogP contribution in [0.5, 0.6) is 0 Å². The third-order valence-electron chi connectivity index (χ3n) is 6.41. The van der Waals surface area contributed by atoms with Crippen LogP contribution in [0.2, 0.25) is 0 Å². The topological polar surface area (TPSA) is 117 Å². The number of carbonyl (C=O) groups excluding carboxylic acids is 4. The zero-order chi connectivity index (χ0) is 28.8. The molecular weight excluding hydrogens is 560 g/mol. The fourth-order valence-electron chi connectivity index (χ4n) is 4.32. The number of rotatable bonds is 8. The first-order chi connectivity index (χ1) is 19.9. The molecule has 1 aliphatic heterocycles. The van der Waals surface area contributed by atoms with Crippen molar-refractivity contribution in [1.29, 1.82) is 0 Å². The van der Waals surface area contributed by atoms with Crippen LogP contribution >= 0.6 is 22.7 Å². The summed E-state index contributed by atoms with van der Waals surface area (Å²) in [4.78, 5) is 52.2. The molecule has 0 saturated heterocycles. The minimum absolute atomic E-state index is 0.190. The van der Waals surface area contributed by atoms with Crippen molar-refractivity contribution in [3.63, 3.8) is 0 Å². The molecule has 3 heterocycles. The normalized spacial score (nSPS) is 13.1. The van der Waals surface area contributed by atoms with E-state index >= 15 is 0 Å². The summed E-state index contributed by atoms with van der Waals surface area (Å²) in [6.07, 6.45) is 1.37. The van der Waals surface area contributed by atoms with E-state index in [0.29, 0.717) is 40.2 Å². The highest BCUT2D eigenvalue weighted by molar-refractivity contribution is 7.09. The number of nitrogens with one attached hydrogen (secondary N) is 3. The number of carbonyl (C=O) groups is 4. The van der Waals surface area contributed by atoms with E-state index in [2.05, 4.69) is 16.0 Å². The molecule has 0 spiro atoms. The number of esters is 1. The lowest BCUT2D eigenvalue weighted by molar-refractivity contribution is -0.134. The largest absolute Gasteiger partial charge is 0.466 e. The number of anilines is 2. The van der Waals surface area contributed by atoms with Crippen molar-refractivity contribution >= 4 is 63.4 Å². The molecule has 0 saturated carbocycles. The van der Waals surface area contributed by atoms with Gasteiger partial charge in [-0.3, -0.25) is 14.5 Å². The van der Waals surface area contributed by atoms with Crippen LogP contribution in [0.15, 0.2) is 82.2 Å². The van der Waals surface area contributed by atoms with E-state index in [1.54, 1.807) is 22.9 Å². The van der Waals surface area contributed by atoms with Crippen molar-refractivity contribution in [2.45, 2.75) is 13.1 Å². The third-order valence-corrected chi connectivity index (χ3v) is 7.89. The Morgan fingerprint density at radius 1 is 0.829 bits per heavy atom. The predicted octanol–water partition coefficient (Wildman–Crippen LogP) is 5.01. The van der Waals surface area contributed by atoms with Crippen molar-refractivity contribution in [3.05, 3.63) is 110 Å². The molecule has 9 nitrogen and oxygen atoms in total. The maximum Gasteiger partial charge on any atom is 0.331 e. The minimum atomic E-state index is -0.526. The first kappa shape index (κ1) is 27.8. The number of nitrogens with zero attached hydrogens (tertiary/aromatic N) is 1. The molecule has 2 aromatic carbocycles. The van der Waals surface area contributed by atoms with Gasteiger partial charge in [0.25, 0.3) is 5.91 Å². The Balaban J connectivity index is 1.20. The summed E-state index contributed by atoms with van der Waals surface area (Å²) in [7, 11) is 1.30. The molecule has 0 radical (unpaired) electrons.